The van der Waals surface area contributed by atoms with E-state index in [2.05, 4.69) is 51.1 Å². The maximum atomic E-state index is 12.9. The van der Waals surface area contributed by atoms with Crippen LogP contribution in [0.4, 0.5) is 5.69 Å². The molecule has 0 radical (unpaired) electrons. The highest BCUT2D eigenvalue weighted by Crippen LogP contribution is 2.42. The van der Waals surface area contributed by atoms with Crippen molar-refractivity contribution in [2.24, 2.45) is 0 Å². The van der Waals surface area contributed by atoms with E-state index in [1.165, 1.54) is 49.1 Å². The molecule has 1 aromatic carbocycles. The van der Waals surface area contributed by atoms with Crippen molar-refractivity contribution in [3.8, 4) is 0 Å². The molecule has 37 heavy (non-hydrogen) atoms. The summed E-state index contributed by atoms with van der Waals surface area (Å²) in [4.78, 5) is 19.8. The predicted molar refractivity (Wildman–Crippen MR) is 153 cm³/mol. The van der Waals surface area contributed by atoms with Crippen LogP contribution in [0.25, 0.3) is 0 Å². The van der Waals surface area contributed by atoms with Crippen LogP contribution in [0.3, 0.4) is 0 Å². The first-order valence-electron chi connectivity index (χ1n) is 13.5. The lowest BCUT2D eigenvalue weighted by molar-refractivity contribution is -0.116. The zero-order valence-corrected chi connectivity index (χ0v) is 22.9. The minimum atomic E-state index is -0.0755. The Labute approximate surface area is 225 Å². The van der Waals surface area contributed by atoms with Crippen LogP contribution < -0.4 is 10.6 Å². The molecule has 7 heteroatoms. The third-order valence-corrected chi connectivity index (χ3v) is 8.33. The number of nitrogens with zero attached hydrogens (tertiary/aromatic N) is 3. The van der Waals surface area contributed by atoms with Crippen molar-refractivity contribution in [1.29, 1.82) is 0 Å². The Kier molecular flexibility index (Phi) is 7.60. The normalized spacial score (nSPS) is 20.2. The standard InChI is InChI=1S/C30H37N5OS/c1-20-11-7-8-14-25(20)32-27(36)16-18-34-29(28(33-30(34)37)26-15-9-10-17-31-26)24-19-21(2)35(22(24)3)23-12-5-4-6-13-23/h7-11,14-15,17,19,23,28-29H,4-6,12-13,16,18H2,1-3H3,(H,32,36)(H,33,37)/t28-,29-/m0/s1. The third-order valence-electron chi connectivity index (χ3n) is 7.98. The molecule has 3 aromatic rings. The summed E-state index contributed by atoms with van der Waals surface area (Å²) in [6, 6.07) is 16.7. The maximum absolute atomic E-state index is 12.9. The zero-order chi connectivity index (χ0) is 25.9. The second-order valence-corrected chi connectivity index (χ2v) is 10.8. The average Bonchev–Trinajstić information content (AvgIpc) is 3.39. The fraction of sp³-hybridized carbons (Fsp3) is 0.433. The molecule has 2 atom stereocenters. The average molecular weight is 516 g/mol. The molecule has 0 unspecified atom stereocenters. The summed E-state index contributed by atoms with van der Waals surface area (Å²) in [6.45, 7) is 7.01. The topological polar surface area (TPSA) is 62.2 Å². The number of rotatable bonds is 7. The largest absolute Gasteiger partial charge is 0.352 e. The number of pyridine rings is 1. The SMILES string of the molecule is Cc1ccccc1NC(=O)CCN1C(=S)N[C@@H](c2ccccn2)[C@@H]1c1cc(C)n(C2CCCCC2)c1C. The molecule has 2 N–H and O–H groups in total. The number of anilines is 1. The molecule has 194 valence electrons. The monoisotopic (exact) mass is 515 g/mol. The van der Waals surface area contributed by atoms with Gasteiger partial charge in [0.15, 0.2) is 5.11 Å². The first kappa shape index (κ1) is 25.5. The van der Waals surface area contributed by atoms with Crippen LogP contribution >= 0.6 is 12.2 Å². The van der Waals surface area contributed by atoms with Crippen LogP contribution in [-0.2, 0) is 4.79 Å². The van der Waals surface area contributed by atoms with Crippen LogP contribution in [-0.4, -0.2) is 32.0 Å². The smallest absolute Gasteiger partial charge is 0.226 e. The van der Waals surface area contributed by atoms with Crippen molar-refractivity contribution in [3.05, 3.63) is 82.9 Å². The van der Waals surface area contributed by atoms with Crippen molar-refractivity contribution in [3.63, 3.8) is 0 Å². The summed E-state index contributed by atoms with van der Waals surface area (Å²) in [7, 11) is 0. The molecule has 3 heterocycles. The zero-order valence-electron chi connectivity index (χ0n) is 22.0. The van der Waals surface area contributed by atoms with Crippen LogP contribution in [0.2, 0.25) is 0 Å². The van der Waals surface area contributed by atoms with Gasteiger partial charge < -0.3 is 20.1 Å². The van der Waals surface area contributed by atoms with Gasteiger partial charge in [-0.2, -0.15) is 0 Å². The van der Waals surface area contributed by atoms with Crippen LogP contribution in [0, 0.1) is 20.8 Å². The Bertz CT molecular complexity index is 1260. The Balaban J connectivity index is 1.43. The quantitative estimate of drug-likeness (QED) is 0.361. The minimum absolute atomic E-state index is 0.00943. The van der Waals surface area contributed by atoms with E-state index in [0.717, 1.165) is 16.9 Å². The van der Waals surface area contributed by atoms with Crippen LogP contribution in [0.1, 0.15) is 84.9 Å². The van der Waals surface area contributed by atoms with Crippen LogP contribution in [0.15, 0.2) is 54.7 Å². The number of carbonyl (C=O) groups is 1. The summed E-state index contributed by atoms with van der Waals surface area (Å²) in [5.74, 6) is -0.00943. The molecule has 0 bridgehead atoms. The fourth-order valence-corrected chi connectivity index (χ4v) is 6.47. The maximum Gasteiger partial charge on any atom is 0.226 e. The first-order chi connectivity index (χ1) is 17.9. The number of para-hydroxylation sites is 1. The van der Waals surface area contributed by atoms with Gasteiger partial charge in [-0.25, -0.2) is 0 Å². The molecule has 2 fully saturated rings. The summed E-state index contributed by atoms with van der Waals surface area (Å²) < 4.78 is 2.55. The number of nitrogens with one attached hydrogen (secondary N) is 2. The second kappa shape index (κ2) is 11.1. The van der Waals surface area contributed by atoms with E-state index in [1.54, 1.807) is 0 Å². The summed E-state index contributed by atoms with van der Waals surface area (Å²) in [5, 5.41) is 7.28. The van der Waals surface area contributed by atoms with Gasteiger partial charge in [-0.1, -0.05) is 43.5 Å². The second-order valence-electron chi connectivity index (χ2n) is 10.4. The van der Waals surface area contributed by atoms with Gasteiger partial charge in [0.1, 0.15) is 0 Å². The van der Waals surface area contributed by atoms with Crippen LogP contribution in [0.5, 0.6) is 0 Å². The molecular formula is C30H37N5OS. The number of amides is 1. The van der Waals surface area contributed by atoms with Gasteiger partial charge in [0.2, 0.25) is 5.91 Å². The summed E-state index contributed by atoms with van der Waals surface area (Å²) in [5.41, 5.74) is 6.74. The van der Waals surface area contributed by atoms with Gasteiger partial charge in [0.25, 0.3) is 0 Å². The molecule has 1 saturated heterocycles. The number of benzene rings is 1. The summed E-state index contributed by atoms with van der Waals surface area (Å²) in [6.07, 6.45) is 8.59. The predicted octanol–water partition coefficient (Wildman–Crippen LogP) is 6.31. The van der Waals surface area contributed by atoms with E-state index in [1.807, 2.05) is 49.5 Å². The Hall–Kier alpha value is -3.19. The number of thiocarbonyl (C=S) groups is 1. The van der Waals surface area contributed by atoms with Crippen molar-refractivity contribution in [2.45, 2.75) is 77.4 Å². The Morgan fingerprint density at radius 3 is 2.57 bits per heavy atom. The van der Waals surface area contributed by atoms with Gasteiger partial charge >= 0.3 is 0 Å². The van der Waals surface area contributed by atoms with Gasteiger partial charge in [-0.05, 0) is 81.2 Å². The van der Waals surface area contributed by atoms with Gasteiger partial charge in [-0.3, -0.25) is 9.78 Å². The van der Waals surface area contributed by atoms with Crippen molar-refractivity contribution in [2.75, 3.05) is 11.9 Å². The molecule has 1 saturated carbocycles. The lowest BCUT2D eigenvalue weighted by atomic mass is 9.94. The highest BCUT2D eigenvalue weighted by molar-refractivity contribution is 7.80. The molecule has 1 aliphatic carbocycles. The molecule has 1 aliphatic heterocycles. The fourth-order valence-electron chi connectivity index (χ4n) is 6.14. The van der Waals surface area contributed by atoms with Crippen molar-refractivity contribution < 1.29 is 4.79 Å². The number of aromatic nitrogens is 2. The molecule has 1 amide bonds. The molecule has 2 aromatic heterocycles. The summed E-state index contributed by atoms with van der Waals surface area (Å²) >= 11 is 5.85. The molecule has 6 nitrogen and oxygen atoms in total. The van der Waals surface area contributed by atoms with E-state index in [-0.39, 0.29) is 18.0 Å². The van der Waals surface area contributed by atoms with Gasteiger partial charge in [-0.15, -0.1) is 0 Å². The molecular weight excluding hydrogens is 478 g/mol. The van der Waals surface area contributed by atoms with E-state index in [4.69, 9.17) is 12.2 Å². The Morgan fingerprint density at radius 1 is 1.08 bits per heavy atom. The molecule has 0 spiro atoms. The lowest BCUT2D eigenvalue weighted by Crippen LogP contribution is -2.33. The number of hydrogen-bond acceptors (Lipinski definition) is 3. The number of carbonyl (C=O) groups excluding carboxylic acids is 1. The number of aryl methyl sites for hydroxylation is 2. The first-order valence-corrected chi connectivity index (χ1v) is 13.9. The highest BCUT2D eigenvalue weighted by atomic mass is 32.1. The van der Waals surface area contributed by atoms with Crippen molar-refractivity contribution >= 4 is 28.9 Å². The molecule has 5 rings (SSSR count). The highest BCUT2D eigenvalue weighted by Gasteiger charge is 2.41. The van der Waals surface area contributed by atoms with E-state index in [9.17, 15) is 4.79 Å². The minimum Gasteiger partial charge on any atom is -0.352 e. The third kappa shape index (κ3) is 5.28. The van der Waals surface area contributed by atoms with Gasteiger partial charge in [0, 0.05) is 42.3 Å². The number of hydrogen-bond donors (Lipinski definition) is 2. The Morgan fingerprint density at radius 2 is 1.84 bits per heavy atom. The van der Waals surface area contributed by atoms with Crippen molar-refractivity contribution in [1.82, 2.24) is 19.8 Å². The van der Waals surface area contributed by atoms with E-state index < -0.39 is 0 Å². The molecule has 2 aliphatic rings. The van der Waals surface area contributed by atoms with Gasteiger partial charge in [0.05, 0.1) is 17.8 Å². The van der Waals surface area contributed by atoms with E-state index in [0.29, 0.717) is 24.1 Å². The van der Waals surface area contributed by atoms with E-state index >= 15 is 0 Å². The lowest BCUT2D eigenvalue weighted by Gasteiger charge is -2.29.